The van der Waals surface area contributed by atoms with Crippen molar-refractivity contribution in [1.29, 1.82) is 31.6 Å². The molecule has 0 N–H and O–H groups in total. The van der Waals surface area contributed by atoms with Crippen LogP contribution in [0.3, 0.4) is 0 Å². The molecule has 0 amide bonds. The predicted molar refractivity (Wildman–Crippen MR) is 156 cm³/mol. The van der Waals surface area contributed by atoms with Crippen molar-refractivity contribution < 1.29 is 0 Å². The van der Waals surface area contributed by atoms with Crippen LogP contribution in [0.5, 0.6) is 0 Å². The number of benzene rings is 4. The van der Waals surface area contributed by atoms with Crippen LogP contribution < -0.4 is 0 Å². The molecule has 0 atom stereocenters. The molecule has 0 saturated heterocycles. The van der Waals surface area contributed by atoms with Crippen molar-refractivity contribution in [2.24, 2.45) is 0 Å². The number of hydrogen-bond donors (Lipinski definition) is 0. The van der Waals surface area contributed by atoms with Crippen LogP contribution in [0.1, 0.15) is 33.4 Å². The second kappa shape index (κ2) is 9.97. The van der Waals surface area contributed by atoms with Crippen LogP contribution in [0.2, 0.25) is 0 Å². The molecule has 2 aliphatic rings. The number of nitrogens with zero attached hydrogens (tertiary/aromatic N) is 6. The van der Waals surface area contributed by atoms with Gasteiger partial charge in [0.05, 0.1) is 23.3 Å². The Bertz CT molecular complexity index is 2030. The van der Waals surface area contributed by atoms with Crippen molar-refractivity contribution in [3.63, 3.8) is 0 Å². The Morgan fingerprint density at radius 3 is 1.05 bits per heavy atom. The highest BCUT2D eigenvalue weighted by atomic mass is 14.4. The van der Waals surface area contributed by atoms with E-state index in [0.29, 0.717) is 55.7 Å². The third kappa shape index (κ3) is 3.60. The summed E-state index contributed by atoms with van der Waals surface area (Å²) in [5.41, 5.74) is 8.76. The minimum absolute atomic E-state index is 0.0875. The van der Waals surface area contributed by atoms with Crippen molar-refractivity contribution in [3.05, 3.63) is 129 Å². The molecule has 6 rings (SSSR count). The van der Waals surface area contributed by atoms with Gasteiger partial charge in [0.2, 0.25) is 0 Å². The fraction of sp³-hybridized carbons (Fsp3) is 0. The molecule has 188 valence electrons. The van der Waals surface area contributed by atoms with Crippen molar-refractivity contribution in [2.45, 2.75) is 0 Å². The highest BCUT2D eigenvalue weighted by Gasteiger charge is 2.42. The molecule has 0 bridgehead atoms. The van der Waals surface area contributed by atoms with Crippen LogP contribution >= 0.6 is 0 Å². The third-order valence-corrected chi connectivity index (χ3v) is 7.51. The van der Waals surface area contributed by atoms with E-state index in [2.05, 4.69) is 36.4 Å². The minimum atomic E-state index is -0.0875. The summed E-state index contributed by atoms with van der Waals surface area (Å²) in [6.45, 7) is 0. The van der Waals surface area contributed by atoms with Gasteiger partial charge in [0.25, 0.3) is 0 Å². The average molecular weight is 531 g/mol. The number of rotatable bonds is 2. The van der Waals surface area contributed by atoms with E-state index in [-0.39, 0.29) is 11.1 Å². The van der Waals surface area contributed by atoms with Crippen LogP contribution in [-0.2, 0) is 0 Å². The van der Waals surface area contributed by atoms with Gasteiger partial charge in [-0.25, -0.2) is 0 Å². The molecule has 0 fully saturated rings. The average Bonchev–Trinajstić information content (AvgIpc) is 3.56. The Morgan fingerprint density at radius 1 is 0.405 bits per heavy atom. The second-order valence-corrected chi connectivity index (χ2v) is 9.53. The molecule has 0 saturated carbocycles. The van der Waals surface area contributed by atoms with Crippen molar-refractivity contribution in [2.75, 3.05) is 0 Å². The summed E-state index contributed by atoms with van der Waals surface area (Å²) in [4.78, 5) is 0. The van der Waals surface area contributed by atoms with E-state index in [1.165, 1.54) is 0 Å². The van der Waals surface area contributed by atoms with Gasteiger partial charge in [-0.2, -0.15) is 31.6 Å². The van der Waals surface area contributed by atoms with Crippen LogP contribution in [0, 0.1) is 68.0 Å². The molecule has 0 spiro atoms. The zero-order valence-corrected chi connectivity index (χ0v) is 21.8. The summed E-state index contributed by atoms with van der Waals surface area (Å²) in [5.74, 6) is 0. The van der Waals surface area contributed by atoms with E-state index in [1.54, 1.807) is 24.3 Å². The quantitative estimate of drug-likeness (QED) is 0.249. The lowest BCUT2D eigenvalue weighted by molar-refractivity contribution is 1.45. The van der Waals surface area contributed by atoms with E-state index >= 15 is 0 Å². The first-order valence-electron chi connectivity index (χ1n) is 12.7. The normalized spacial score (nSPS) is 12.0. The summed E-state index contributed by atoms with van der Waals surface area (Å²) in [5, 5.41) is 59.1. The van der Waals surface area contributed by atoms with E-state index in [1.807, 2.05) is 60.7 Å². The zero-order valence-electron chi connectivity index (χ0n) is 21.8. The van der Waals surface area contributed by atoms with Crippen LogP contribution in [-0.4, -0.2) is 0 Å². The van der Waals surface area contributed by atoms with Crippen LogP contribution in [0.25, 0.3) is 44.5 Å². The lowest BCUT2D eigenvalue weighted by Gasteiger charge is -2.17. The molecule has 6 heteroatoms. The fourth-order valence-corrected chi connectivity index (χ4v) is 5.80. The summed E-state index contributed by atoms with van der Waals surface area (Å²) >= 11 is 0. The van der Waals surface area contributed by atoms with Gasteiger partial charge in [0.1, 0.15) is 35.4 Å². The largest absolute Gasteiger partial charge is 0.192 e. The van der Waals surface area contributed by atoms with E-state index in [9.17, 15) is 31.6 Å². The molecule has 0 unspecified atom stereocenters. The van der Waals surface area contributed by atoms with Crippen molar-refractivity contribution in [1.82, 2.24) is 0 Å². The molecule has 42 heavy (non-hydrogen) atoms. The first kappa shape index (κ1) is 25.3. The lowest BCUT2D eigenvalue weighted by atomic mass is 9.84. The smallest absolute Gasteiger partial charge is 0.138 e. The standard InChI is InChI=1S/C36H14N6/c37-15-21-7-11-23(12-8-21)27-3-1-5-29-31(25(17-39)18-40)35-34-28(24-13-9-22(16-38)10-14-24)4-2-6-30(34)32(26(19-41)20-42)36(35)33(27)29/h1-14H. The third-order valence-electron chi connectivity index (χ3n) is 7.51. The van der Waals surface area contributed by atoms with Gasteiger partial charge in [0, 0.05) is 22.3 Å². The number of nitriles is 6. The Morgan fingerprint density at radius 2 is 0.738 bits per heavy atom. The molecule has 0 radical (unpaired) electrons. The molecule has 4 aromatic carbocycles. The molecule has 6 nitrogen and oxygen atoms in total. The summed E-state index contributed by atoms with van der Waals surface area (Å²) in [6, 6.07) is 37.8. The van der Waals surface area contributed by atoms with Crippen LogP contribution in [0.4, 0.5) is 0 Å². The van der Waals surface area contributed by atoms with Gasteiger partial charge in [-0.15, -0.1) is 0 Å². The monoisotopic (exact) mass is 530 g/mol. The Kier molecular flexibility index (Phi) is 6.01. The van der Waals surface area contributed by atoms with E-state index in [0.717, 1.165) is 22.3 Å². The fourth-order valence-electron chi connectivity index (χ4n) is 5.80. The first-order valence-corrected chi connectivity index (χ1v) is 12.7. The Labute approximate surface area is 241 Å². The maximum Gasteiger partial charge on any atom is 0.138 e. The zero-order chi connectivity index (χ0) is 29.4. The molecule has 4 aromatic rings. The number of fused-ring (bicyclic) bond motifs is 4. The molecule has 2 aliphatic carbocycles. The van der Waals surface area contributed by atoms with Gasteiger partial charge in [-0.05, 0) is 68.8 Å². The Balaban J connectivity index is 1.79. The lowest BCUT2D eigenvalue weighted by Crippen LogP contribution is -1.99. The van der Waals surface area contributed by atoms with Gasteiger partial charge in [0.15, 0.2) is 0 Å². The highest BCUT2D eigenvalue weighted by Crippen LogP contribution is 2.62. The maximum absolute atomic E-state index is 10.1. The van der Waals surface area contributed by atoms with Gasteiger partial charge in [-0.1, -0.05) is 60.7 Å². The maximum atomic E-state index is 10.1. The van der Waals surface area contributed by atoms with E-state index in [4.69, 9.17) is 0 Å². The minimum Gasteiger partial charge on any atom is -0.192 e. The molecular weight excluding hydrogens is 516 g/mol. The van der Waals surface area contributed by atoms with E-state index < -0.39 is 0 Å². The van der Waals surface area contributed by atoms with Gasteiger partial charge in [-0.3, -0.25) is 0 Å². The van der Waals surface area contributed by atoms with Crippen molar-refractivity contribution in [3.8, 4) is 58.7 Å². The predicted octanol–water partition coefficient (Wildman–Crippen LogP) is 7.30. The molecule has 0 heterocycles. The second-order valence-electron chi connectivity index (χ2n) is 9.53. The molecule has 0 aliphatic heterocycles. The molecular formula is C36H14N6. The van der Waals surface area contributed by atoms with Gasteiger partial charge >= 0.3 is 0 Å². The summed E-state index contributed by atoms with van der Waals surface area (Å²) in [7, 11) is 0. The van der Waals surface area contributed by atoms with Crippen molar-refractivity contribution >= 4 is 22.3 Å². The molecule has 0 aromatic heterocycles. The topological polar surface area (TPSA) is 143 Å². The summed E-state index contributed by atoms with van der Waals surface area (Å²) < 4.78 is 0. The van der Waals surface area contributed by atoms with Crippen LogP contribution in [0.15, 0.2) is 96.1 Å². The summed E-state index contributed by atoms with van der Waals surface area (Å²) in [6.07, 6.45) is 0. The number of allylic oxidation sites excluding steroid dienone is 6. The number of hydrogen-bond acceptors (Lipinski definition) is 6. The first-order chi connectivity index (χ1) is 20.6. The highest BCUT2D eigenvalue weighted by molar-refractivity contribution is 6.39. The SMILES string of the molecule is N#CC(C#N)=C1C2=C(C(=C(C#N)C#N)c3cccc(-c4ccc(C#N)cc4)c32)c2c1cccc2-c1ccc(C#N)cc1. The van der Waals surface area contributed by atoms with Gasteiger partial charge < -0.3 is 0 Å². The Hall–Kier alpha value is -6.96.